The van der Waals surface area contributed by atoms with Crippen LogP contribution in [0.2, 0.25) is 0 Å². The molecule has 1 aliphatic carbocycles. The molecule has 0 heterocycles. The number of hydrogen-bond donors (Lipinski definition) is 0. The maximum Gasteiger partial charge on any atom is 0.310 e. The van der Waals surface area contributed by atoms with Crippen molar-refractivity contribution >= 4 is 11.9 Å². The molecule has 0 saturated heterocycles. The number of carbonyl (C=O) groups is 2. The normalized spacial score (nSPS) is 24.2. The summed E-state index contributed by atoms with van der Waals surface area (Å²) in [5.74, 6) is -1.51. The SMILES string of the molecule is COC(=O)[C@H]1CC=CC[C@H]1C(=O)OC(C)(C)C. The fraction of sp³-hybridized carbons (Fsp3) is 0.692. The van der Waals surface area contributed by atoms with Crippen LogP contribution in [0, 0.1) is 11.8 Å². The van der Waals surface area contributed by atoms with Crippen LogP contribution in [0.5, 0.6) is 0 Å². The van der Waals surface area contributed by atoms with Gasteiger partial charge in [-0.3, -0.25) is 9.59 Å². The number of rotatable bonds is 2. The van der Waals surface area contributed by atoms with Crippen molar-refractivity contribution in [1.29, 1.82) is 0 Å². The summed E-state index contributed by atoms with van der Waals surface area (Å²) in [6, 6.07) is 0. The lowest BCUT2D eigenvalue weighted by atomic mass is 9.83. The molecule has 0 amide bonds. The fourth-order valence-corrected chi connectivity index (χ4v) is 1.86. The second-order valence-corrected chi connectivity index (χ2v) is 5.21. The van der Waals surface area contributed by atoms with Gasteiger partial charge in [0.15, 0.2) is 0 Å². The van der Waals surface area contributed by atoms with E-state index in [-0.39, 0.29) is 11.9 Å². The molecule has 0 saturated carbocycles. The summed E-state index contributed by atoms with van der Waals surface area (Å²) in [4.78, 5) is 23.6. The van der Waals surface area contributed by atoms with E-state index in [9.17, 15) is 9.59 Å². The van der Waals surface area contributed by atoms with Gasteiger partial charge in [0, 0.05) is 0 Å². The van der Waals surface area contributed by atoms with Gasteiger partial charge in [-0.05, 0) is 33.6 Å². The predicted octanol–water partition coefficient (Wildman–Crippen LogP) is 2.08. The zero-order valence-electron chi connectivity index (χ0n) is 10.9. The Balaban J connectivity index is 2.76. The third kappa shape index (κ3) is 3.88. The van der Waals surface area contributed by atoms with E-state index in [1.807, 2.05) is 32.9 Å². The van der Waals surface area contributed by atoms with E-state index in [4.69, 9.17) is 9.47 Å². The first kappa shape index (κ1) is 13.7. The molecule has 0 bridgehead atoms. The molecule has 17 heavy (non-hydrogen) atoms. The summed E-state index contributed by atoms with van der Waals surface area (Å²) in [6.07, 6.45) is 4.89. The predicted molar refractivity (Wildman–Crippen MR) is 63.2 cm³/mol. The van der Waals surface area contributed by atoms with Crippen molar-refractivity contribution in [3.8, 4) is 0 Å². The lowest BCUT2D eigenvalue weighted by Crippen LogP contribution is -2.36. The molecule has 0 aromatic rings. The Morgan fingerprint density at radius 3 is 1.94 bits per heavy atom. The summed E-state index contributed by atoms with van der Waals surface area (Å²) >= 11 is 0. The number of allylic oxidation sites excluding steroid dienone is 2. The number of hydrogen-bond acceptors (Lipinski definition) is 4. The molecule has 4 heteroatoms. The molecule has 4 nitrogen and oxygen atoms in total. The van der Waals surface area contributed by atoms with Crippen LogP contribution < -0.4 is 0 Å². The summed E-state index contributed by atoms with van der Waals surface area (Å²) in [5.41, 5.74) is -0.529. The van der Waals surface area contributed by atoms with Gasteiger partial charge in [-0.1, -0.05) is 12.2 Å². The molecule has 0 fully saturated rings. The van der Waals surface area contributed by atoms with Gasteiger partial charge in [-0.2, -0.15) is 0 Å². The van der Waals surface area contributed by atoms with Gasteiger partial charge in [0.1, 0.15) is 5.60 Å². The minimum Gasteiger partial charge on any atom is -0.469 e. The Labute approximate surface area is 102 Å². The van der Waals surface area contributed by atoms with Crippen LogP contribution in [-0.4, -0.2) is 24.6 Å². The smallest absolute Gasteiger partial charge is 0.310 e. The van der Waals surface area contributed by atoms with Crippen LogP contribution in [0.25, 0.3) is 0 Å². The lowest BCUT2D eigenvalue weighted by Gasteiger charge is -2.28. The summed E-state index contributed by atoms with van der Waals surface area (Å²) in [7, 11) is 1.34. The van der Waals surface area contributed by atoms with E-state index in [0.717, 1.165) is 0 Å². The van der Waals surface area contributed by atoms with E-state index in [2.05, 4.69) is 0 Å². The Kier molecular flexibility index (Phi) is 4.32. The largest absolute Gasteiger partial charge is 0.469 e. The molecule has 2 atom stereocenters. The Morgan fingerprint density at radius 2 is 1.53 bits per heavy atom. The number of methoxy groups -OCH3 is 1. The molecule has 0 N–H and O–H groups in total. The third-order valence-electron chi connectivity index (χ3n) is 2.65. The second-order valence-electron chi connectivity index (χ2n) is 5.21. The molecule has 0 spiro atoms. The van der Waals surface area contributed by atoms with E-state index < -0.39 is 17.4 Å². The van der Waals surface area contributed by atoms with Gasteiger partial charge in [0.2, 0.25) is 0 Å². The van der Waals surface area contributed by atoms with Crippen LogP contribution in [-0.2, 0) is 19.1 Å². The maximum atomic E-state index is 12.0. The summed E-state index contributed by atoms with van der Waals surface area (Å²) < 4.78 is 10.0. The molecular weight excluding hydrogens is 220 g/mol. The number of esters is 2. The van der Waals surface area contributed by atoms with Gasteiger partial charge >= 0.3 is 11.9 Å². The van der Waals surface area contributed by atoms with E-state index in [1.54, 1.807) is 0 Å². The van der Waals surface area contributed by atoms with Crippen molar-refractivity contribution in [3.63, 3.8) is 0 Å². The topological polar surface area (TPSA) is 52.6 Å². The molecule has 0 radical (unpaired) electrons. The highest BCUT2D eigenvalue weighted by Crippen LogP contribution is 2.29. The molecule has 0 aromatic heterocycles. The summed E-state index contributed by atoms with van der Waals surface area (Å²) in [6.45, 7) is 5.45. The van der Waals surface area contributed by atoms with Crippen LogP contribution in [0.4, 0.5) is 0 Å². The van der Waals surface area contributed by atoms with Gasteiger partial charge in [-0.25, -0.2) is 0 Å². The minimum absolute atomic E-state index is 0.322. The first-order chi connectivity index (χ1) is 7.85. The highest BCUT2D eigenvalue weighted by Gasteiger charge is 2.37. The summed E-state index contributed by atoms with van der Waals surface area (Å²) in [5, 5.41) is 0. The van der Waals surface area contributed by atoms with Crippen LogP contribution in [0.15, 0.2) is 12.2 Å². The first-order valence-corrected chi connectivity index (χ1v) is 5.81. The van der Waals surface area contributed by atoms with Crippen molar-refractivity contribution in [1.82, 2.24) is 0 Å². The average Bonchev–Trinajstić information content (AvgIpc) is 2.25. The lowest BCUT2D eigenvalue weighted by molar-refractivity contribution is -0.167. The molecular formula is C13H20O4. The molecule has 0 aromatic carbocycles. The van der Waals surface area contributed by atoms with Crippen LogP contribution >= 0.6 is 0 Å². The quantitative estimate of drug-likeness (QED) is 0.548. The van der Waals surface area contributed by atoms with Gasteiger partial charge in [0.05, 0.1) is 18.9 Å². The Bertz CT molecular complexity index is 325. The van der Waals surface area contributed by atoms with Crippen molar-refractivity contribution < 1.29 is 19.1 Å². The third-order valence-corrected chi connectivity index (χ3v) is 2.65. The van der Waals surface area contributed by atoms with Gasteiger partial charge < -0.3 is 9.47 Å². The van der Waals surface area contributed by atoms with Gasteiger partial charge in [0.25, 0.3) is 0 Å². The van der Waals surface area contributed by atoms with Crippen molar-refractivity contribution in [2.24, 2.45) is 11.8 Å². The Morgan fingerprint density at radius 1 is 1.06 bits per heavy atom. The van der Waals surface area contributed by atoms with Crippen LogP contribution in [0.3, 0.4) is 0 Å². The van der Waals surface area contributed by atoms with E-state index in [0.29, 0.717) is 12.8 Å². The molecule has 1 rings (SSSR count). The van der Waals surface area contributed by atoms with Gasteiger partial charge in [-0.15, -0.1) is 0 Å². The van der Waals surface area contributed by atoms with Crippen molar-refractivity contribution in [3.05, 3.63) is 12.2 Å². The standard InChI is InChI=1S/C13H20O4/c1-13(2,3)17-12(15)10-8-6-5-7-9(10)11(14)16-4/h5-6,9-10H,7-8H2,1-4H3/t9-,10+/m0/s1. The first-order valence-electron chi connectivity index (χ1n) is 5.81. The van der Waals surface area contributed by atoms with E-state index >= 15 is 0 Å². The molecule has 0 unspecified atom stereocenters. The highest BCUT2D eigenvalue weighted by atomic mass is 16.6. The Hall–Kier alpha value is -1.32. The zero-order valence-corrected chi connectivity index (χ0v) is 10.9. The molecule has 0 aliphatic heterocycles. The molecule has 1 aliphatic rings. The fourth-order valence-electron chi connectivity index (χ4n) is 1.86. The zero-order chi connectivity index (χ0) is 13.1. The number of carbonyl (C=O) groups excluding carboxylic acids is 2. The monoisotopic (exact) mass is 240 g/mol. The van der Waals surface area contributed by atoms with E-state index in [1.165, 1.54) is 7.11 Å². The average molecular weight is 240 g/mol. The number of ether oxygens (including phenoxy) is 2. The maximum absolute atomic E-state index is 12.0. The second kappa shape index (κ2) is 5.34. The van der Waals surface area contributed by atoms with Crippen molar-refractivity contribution in [2.75, 3.05) is 7.11 Å². The van der Waals surface area contributed by atoms with Crippen LogP contribution in [0.1, 0.15) is 33.6 Å². The highest BCUT2D eigenvalue weighted by molar-refractivity contribution is 5.82. The minimum atomic E-state index is -0.529. The van der Waals surface area contributed by atoms with Crippen molar-refractivity contribution in [2.45, 2.75) is 39.2 Å². The molecule has 96 valence electrons.